The highest BCUT2D eigenvalue weighted by molar-refractivity contribution is 5.85. The van der Waals surface area contributed by atoms with Gasteiger partial charge in [-0.2, -0.15) is 0 Å². The minimum absolute atomic E-state index is 0. The molecule has 0 radical (unpaired) electrons. The summed E-state index contributed by atoms with van der Waals surface area (Å²) in [7, 11) is 0. The Kier molecular flexibility index (Phi) is 10.5. The third-order valence-electron chi connectivity index (χ3n) is 2.88. The van der Waals surface area contributed by atoms with Gasteiger partial charge < -0.3 is 16.0 Å². The van der Waals surface area contributed by atoms with Crippen LogP contribution in [0.25, 0.3) is 0 Å². The number of rotatable bonds is 5. The molecule has 7 heteroatoms. The molecule has 0 aliphatic heterocycles. The second-order valence-corrected chi connectivity index (χ2v) is 4.19. The summed E-state index contributed by atoms with van der Waals surface area (Å²) >= 11 is 0. The molecule has 2 unspecified atom stereocenters. The number of halogens is 2. The number of aromatic nitrogens is 1. The highest BCUT2D eigenvalue weighted by atomic mass is 35.5. The molecule has 19 heavy (non-hydrogen) atoms. The van der Waals surface area contributed by atoms with Gasteiger partial charge in [0.2, 0.25) is 11.5 Å². The molecule has 0 aliphatic carbocycles. The Bertz CT molecular complexity index is 417. The van der Waals surface area contributed by atoms with Crippen molar-refractivity contribution in [2.75, 3.05) is 0 Å². The van der Waals surface area contributed by atoms with E-state index in [-0.39, 0.29) is 42.2 Å². The van der Waals surface area contributed by atoms with Gasteiger partial charge in [-0.15, -0.1) is 24.8 Å². The summed E-state index contributed by atoms with van der Waals surface area (Å²) in [6, 6.07) is 2.62. The first-order chi connectivity index (χ1) is 8.04. The summed E-state index contributed by atoms with van der Waals surface area (Å²) in [5, 5.41) is 2.75. The molecule has 0 saturated carbocycles. The third-order valence-corrected chi connectivity index (χ3v) is 2.88. The zero-order valence-electron chi connectivity index (χ0n) is 11.0. The van der Waals surface area contributed by atoms with Gasteiger partial charge in [-0.1, -0.05) is 26.3 Å². The second-order valence-electron chi connectivity index (χ2n) is 4.19. The number of nitrogens with one attached hydrogen (secondary N) is 2. The van der Waals surface area contributed by atoms with Crippen LogP contribution in [0.3, 0.4) is 0 Å². The fourth-order valence-electron chi connectivity index (χ4n) is 1.37. The molecular weight excluding hydrogens is 289 g/mol. The molecule has 1 aromatic rings. The van der Waals surface area contributed by atoms with Crippen LogP contribution in [0.2, 0.25) is 0 Å². The van der Waals surface area contributed by atoms with Crippen LogP contribution >= 0.6 is 24.8 Å². The molecule has 0 spiro atoms. The number of H-pyrrole nitrogens is 1. The number of hydrogen-bond acceptors (Lipinski definition) is 3. The van der Waals surface area contributed by atoms with Gasteiger partial charge in [-0.3, -0.25) is 9.59 Å². The third kappa shape index (κ3) is 6.61. The van der Waals surface area contributed by atoms with Crippen LogP contribution in [0.1, 0.15) is 25.8 Å². The molecule has 5 nitrogen and oxygen atoms in total. The highest BCUT2D eigenvalue weighted by Crippen LogP contribution is 2.05. The quantitative estimate of drug-likeness (QED) is 0.764. The van der Waals surface area contributed by atoms with Crippen LogP contribution in [0.15, 0.2) is 23.1 Å². The van der Waals surface area contributed by atoms with E-state index >= 15 is 0 Å². The lowest BCUT2D eigenvalue weighted by molar-refractivity contribution is -0.123. The van der Waals surface area contributed by atoms with Crippen LogP contribution in [0.4, 0.5) is 0 Å². The number of carbonyl (C=O) groups excluding carboxylic acids is 1. The predicted molar refractivity (Wildman–Crippen MR) is 80.8 cm³/mol. The topological polar surface area (TPSA) is 88.0 Å². The SMILES string of the molecule is CCC(C)C(N)C(=O)NCc1ccc(=O)[nH]c1.Cl.Cl. The Morgan fingerprint density at radius 1 is 1.42 bits per heavy atom. The molecule has 0 aromatic carbocycles. The van der Waals surface area contributed by atoms with Crippen molar-refractivity contribution in [3.8, 4) is 0 Å². The van der Waals surface area contributed by atoms with Gasteiger partial charge in [-0.05, 0) is 11.5 Å². The maximum Gasteiger partial charge on any atom is 0.247 e. The highest BCUT2D eigenvalue weighted by Gasteiger charge is 2.18. The van der Waals surface area contributed by atoms with Gasteiger partial charge in [0.1, 0.15) is 0 Å². The van der Waals surface area contributed by atoms with Crippen LogP contribution in [-0.2, 0) is 11.3 Å². The minimum atomic E-state index is -0.484. The average molecular weight is 310 g/mol. The first-order valence-corrected chi connectivity index (χ1v) is 5.75. The van der Waals surface area contributed by atoms with Crippen molar-refractivity contribution < 1.29 is 4.79 Å². The van der Waals surface area contributed by atoms with Gasteiger partial charge in [0.25, 0.3) is 0 Å². The van der Waals surface area contributed by atoms with E-state index in [2.05, 4.69) is 10.3 Å². The smallest absolute Gasteiger partial charge is 0.247 e. The van der Waals surface area contributed by atoms with Crippen LogP contribution < -0.4 is 16.6 Å². The van der Waals surface area contributed by atoms with Crippen molar-refractivity contribution >= 4 is 30.7 Å². The van der Waals surface area contributed by atoms with E-state index in [9.17, 15) is 9.59 Å². The zero-order chi connectivity index (χ0) is 12.8. The molecule has 0 aliphatic rings. The molecule has 2 atom stereocenters. The Hall–Kier alpha value is -1.04. The maximum atomic E-state index is 11.7. The van der Waals surface area contributed by atoms with E-state index in [1.807, 2.05) is 13.8 Å². The van der Waals surface area contributed by atoms with Crippen molar-refractivity contribution in [2.24, 2.45) is 11.7 Å². The molecular formula is C12H21Cl2N3O2. The largest absolute Gasteiger partial charge is 0.351 e. The molecule has 1 rings (SSSR count). The average Bonchev–Trinajstić information content (AvgIpc) is 2.35. The summed E-state index contributed by atoms with van der Waals surface area (Å²) in [5.74, 6) is -0.00358. The first kappa shape index (κ1) is 20.3. The van der Waals surface area contributed by atoms with Crippen LogP contribution in [-0.4, -0.2) is 16.9 Å². The molecule has 1 heterocycles. The number of pyridine rings is 1. The van der Waals surface area contributed by atoms with E-state index in [4.69, 9.17) is 5.73 Å². The molecule has 0 fully saturated rings. The van der Waals surface area contributed by atoms with Crippen molar-refractivity contribution in [2.45, 2.75) is 32.9 Å². The van der Waals surface area contributed by atoms with Gasteiger partial charge in [-0.25, -0.2) is 0 Å². The molecule has 4 N–H and O–H groups in total. The van der Waals surface area contributed by atoms with E-state index in [0.717, 1.165) is 12.0 Å². The molecule has 110 valence electrons. The van der Waals surface area contributed by atoms with Crippen molar-refractivity contribution in [3.63, 3.8) is 0 Å². The number of aromatic amines is 1. The van der Waals surface area contributed by atoms with Crippen molar-refractivity contribution in [1.82, 2.24) is 10.3 Å². The van der Waals surface area contributed by atoms with Crippen LogP contribution in [0, 0.1) is 5.92 Å². The fourth-order valence-corrected chi connectivity index (χ4v) is 1.37. The second kappa shape index (κ2) is 9.83. The Morgan fingerprint density at radius 2 is 2.05 bits per heavy atom. The normalized spacial score (nSPS) is 12.6. The van der Waals surface area contributed by atoms with Gasteiger partial charge in [0.15, 0.2) is 0 Å². The summed E-state index contributed by atoms with van der Waals surface area (Å²) in [6.45, 7) is 4.32. The Morgan fingerprint density at radius 3 is 2.53 bits per heavy atom. The monoisotopic (exact) mass is 309 g/mol. The van der Waals surface area contributed by atoms with Gasteiger partial charge in [0.05, 0.1) is 6.04 Å². The number of nitrogens with two attached hydrogens (primary N) is 1. The lowest BCUT2D eigenvalue weighted by Gasteiger charge is -2.17. The van der Waals surface area contributed by atoms with E-state index in [1.165, 1.54) is 6.07 Å². The van der Waals surface area contributed by atoms with Crippen molar-refractivity contribution in [1.29, 1.82) is 0 Å². The number of amides is 1. The Balaban J connectivity index is 0. The van der Waals surface area contributed by atoms with Crippen LogP contribution in [0.5, 0.6) is 0 Å². The Labute approximate surface area is 125 Å². The fraction of sp³-hybridized carbons (Fsp3) is 0.500. The molecule has 0 saturated heterocycles. The summed E-state index contributed by atoms with van der Waals surface area (Å²) in [5.41, 5.74) is 6.48. The summed E-state index contributed by atoms with van der Waals surface area (Å²) in [6.07, 6.45) is 2.45. The van der Waals surface area contributed by atoms with E-state index in [0.29, 0.717) is 6.54 Å². The minimum Gasteiger partial charge on any atom is -0.351 e. The summed E-state index contributed by atoms with van der Waals surface area (Å²) in [4.78, 5) is 25.1. The standard InChI is InChI=1S/C12H19N3O2.2ClH/c1-3-8(2)11(13)12(17)15-7-9-4-5-10(16)14-6-9;;/h4-6,8,11H,3,7,13H2,1-2H3,(H,14,16)(H,15,17);2*1H. The lowest BCUT2D eigenvalue weighted by atomic mass is 9.99. The predicted octanol–water partition coefficient (Wildman–Crippen LogP) is 1.21. The molecule has 1 amide bonds. The molecule has 0 bridgehead atoms. The zero-order valence-corrected chi connectivity index (χ0v) is 12.6. The molecule has 1 aromatic heterocycles. The summed E-state index contributed by atoms with van der Waals surface area (Å²) < 4.78 is 0. The lowest BCUT2D eigenvalue weighted by Crippen LogP contribution is -2.44. The van der Waals surface area contributed by atoms with E-state index < -0.39 is 6.04 Å². The van der Waals surface area contributed by atoms with E-state index in [1.54, 1.807) is 12.3 Å². The first-order valence-electron chi connectivity index (χ1n) is 5.75. The van der Waals surface area contributed by atoms with Gasteiger partial charge >= 0.3 is 0 Å². The van der Waals surface area contributed by atoms with Gasteiger partial charge in [0, 0.05) is 18.8 Å². The maximum absolute atomic E-state index is 11.7. The van der Waals surface area contributed by atoms with Crippen molar-refractivity contribution in [3.05, 3.63) is 34.2 Å². The number of hydrogen-bond donors (Lipinski definition) is 3. The number of carbonyl (C=O) groups is 1.